The lowest BCUT2D eigenvalue weighted by Crippen LogP contribution is -2.20. The fourth-order valence-electron chi connectivity index (χ4n) is 3.11. The fourth-order valence-corrected chi connectivity index (χ4v) is 4.15. The maximum Gasteiger partial charge on any atom is 0.416 e. The third-order valence-corrected chi connectivity index (χ3v) is 5.61. The van der Waals surface area contributed by atoms with Crippen LogP contribution in [0.2, 0.25) is 0 Å². The van der Waals surface area contributed by atoms with Gasteiger partial charge in [0.15, 0.2) is 0 Å². The number of aryl methyl sites for hydroxylation is 1. The number of nitrogens with one attached hydrogen (secondary N) is 1. The Balaban J connectivity index is 1.57. The zero-order valence-electron chi connectivity index (χ0n) is 15.3. The summed E-state index contributed by atoms with van der Waals surface area (Å²) in [6.07, 6.45) is -2.90. The molecule has 2 nitrogen and oxygen atoms in total. The minimum Gasteiger partial charge on any atom is -0.497 e. The number of hydrogen-bond donors (Lipinski definition) is 1. The zero-order valence-corrected chi connectivity index (χ0v) is 16.1. The summed E-state index contributed by atoms with van der Waals surface area (Å²) >= 11 is 1.70. The highest BCUT2D eigenvalue weighted by Crippen LogP contribution is 2.33. The van der Waals surface area contributed by atoms with E-state index < -0.39 is 11.7 Å². The zero-order chi connectivity index (χ0) is 19.4. The van der Waals surface area contributed by atoms with Crippen molar-refractivity contribution in [1.82, 2.24) is 5.32 Å². The summed E-state index contributed by atoms with van der Waals surface area (Å²) in [7, 11) is 1.66. The SMILES string of the molecule is COc1ccc2scc(C(C)NCCCc3cccc(C(F)(F)F)c3)c2c1. The summed E-state index contributed by atoms with van der Waals surface area (Å²) < 4.78 is 44.9. The van der Waals surface area contributed by atoms with Crippen molar-refractivity contribution in [2.75, 3.05) is 13.7 Å². The van der Waals surface area contributed by atoms with Crippen LogP contribution in [0.25, 0.3) is 10.1 Å². The van der Waals surface area contributed by atoms with Crippen LogP contribution in [-0.2, 0) is 12.6 Å². The van der Waals surface area contributed by atoms with Gasteiger partial charge in [0.2, 0.25) is 0 Å². The van der Waals surface area contributed by atoms with Gasteiger partial charge in [-0.15, -0.1) is 11.3 Å². The van der Waals surface area contributed by atoms with Crippen molar-refractivity contribution in [3.8, 4) is 5.75 Å². The molecule has 0 radical (unpaired) electrons. The van der Waals surface area contributed by atoms with E-state index >= 15 is 0 Å². The maximum atomic E-state index is 12.8. The van der Waals surface area contributed by atoms with Crippen molar-refractivity contribution in [2.24, 2.45) is 0 Å². The van der Waals surface area contributed by atoms with Crippen LogP contribution in [0.5, 0.6) is 5.75 Å². The van der Waals surface area contributed by atoms with Gasteiger partial charge >= 0.3 is 6.18 Å². The molecular formula is C21H22F3NOS. The van der Waals surface area contributed by atoms with Crippen LogP contribution in [0.1, 0.15) is 36.1 Å². The Kier molecular flexibility index (Phi) is 6.07. The lowest BCUT2D eigenvalue weighted by atomic mass is 10.0. The van der Waals surface area contributed by atoms with Crippen LogP contribution in [0, 0.1) is 0 Å². The number of fused-ring (bicyclic) bond motifs is 1. The standard InChI is InChI=1S/C21H22F3NOS/c1-14(19-13-27-20-9-8-17(26-2)12-18(19)20)25-10-4-6-15-5-3-7-16(11-15)21(22,23)24/h3,5,7-9,11-14,25H,4,6,10H2,1-2H3. The van der Waals surface area contributed by atoms with Crippen LogP contribution in [0.4, 0.5) is 13.2 Å². The summed E-state index contributed by atoms with van der Waals surface area (Å²) in [5.41, 5.74) is 1.35. The highest BCUT2D eigenvalue weighted by Gasteiger charge is 2.30. The lowest BCUT2D eigenvalue weighted by Gasteiger charge is -2.14. The second kappa shape index (κ2) is 8.31. The minimum atomic E-state index is -4.29. The van der Waals surface area contributed by atoms with Crippen LogP contribution >= 0.6 is 11.3 Å². The molecule has 1 unspecified atom stereocenters. The molecule has 2 aromatic carbocycles. The molecule has 6 heteroatoms. The molecule has 0 aliphatic heterocycles. The van der Waals surface area contributed by atoms with Gasteiger partial charge in [-0.1, -0.05) is 18.2 Å². The molecule has 0 fully saturated rings. The highest BCUT2D eigenvalue weighted by molar-refractivity contribution is 7.17. The van der Waals surface area contributed by atoms with E-state index in [1.54, 1.807) is 24.5 Å². The molecule has 1 aromatic heterocycles. The average Bonchev–Trinajstić information content (AvgIpc) is 3.07. The predicted octanol–water partition coefficient (Wildman–Crippen LogP) is 6.21. The molecule has 0 amide bonds. The summed E-state index contributed by atoms with van der Waals surface area (Å²) in [6, 6.07) is 11.8. The van der Waals surface area contributed by atoms with Gasteiger partial charge < -0.3 is 10.1 Å². The largest absolute Gasteiger partial charge is 0.497 e. The van der Waals surface area contributed by atoms with Gasteiger partial charge in [-0.05, 0) is 67.1 Å². The van der Waals surface area contributed by atoms with E-state index in [-0.39, 0.29) is 6.04 Å². The molecule has 1 heterocycles. The van der Waals surface area contributed by atoms with E-state index in [2.05, 4.69) is 23.7 Å². The number of benzene rings is 2. The Labute approximate surface area is 161 Å². The second-order valence-corrected chi connectivity index (χ2v) is 7.44. The van der Waals surface area contributed by atoms with Crippen LogP contribution < -0.4 is 10.1 Å². The number of alkyl halides is 3. The van der Waals surface area contributed by atoms with Crippen molar-refractivity contribution in [3.05, 3.63) is 64.5 Å². The smallest absolute Gasteiger partial charge is 0.416 e. The number of halogens is 3. The average molecular weight is 393 g/mol. The molecule has 1 atom stereocenters. The number of rotatable bonds is 7. The first-order valence-electron chi connectivity index (χ1n) is 8.83. The van der Waals surface area contributed by atoms with Crippen LogP contribution in [-0.4, -0.2) is 13.7 Å². The molecule has 0 saturated carbocycles. The minimum absolute atomic E-state index is 0.160. The molecular weight excluding hydrogens is 371 g/mol. The molecule has 0 aliphatic carbocycles. The fraction of sp³-hybridized carbons (Fsp3) is 0.333. The van der Waals surface area contributed by atoms with Gasteiger partial charge in [-0.2, -0.15) is 13.2 Å². The molecule has 27 heavy (non-hydrogen) atoms. The van der Waals surface area contributed by atoms with E-state index in [0.717, 1.165) is 24.8 Å². The van der Waals surface area contributed by atoms with Crippen molar-refractivity contribution in [3.63, 3.8) is 0 Å². The molecule has 0 bridgehead atoms. The third kappa shape index (κ3) is 4.82. The topological polar surface area (TPSA) is 21.3 Å². The van der Waals surface area contributed by atoms with E-state index in [9.17, 15) is 13.2 Å². The number of thiophene rings is 1. The van der Waals surface area contributed by atoms with Gasteiger partial charge in [-0.25, -0.2) is 0 Å². The Morgan fingerprint density at radius 1 is 1.15 bits per heavy atom. The van der Waals surface area contributed by atoms with E-state index in [4.69, 9.17) is 4.74 Å². The summed E-state index contributed by atoms with van der Waals surface area (Å²) in [5, 5.41) is 6.80. The number of hydrogen-bond acceptors (Lipinski definition) is 3. The normalized spacial score (nSPS) is 13.1. The second-order valence-electron chi connectivity index (χ2n) is 6.53. The summed E-state index contributed by atoms with van der Waals surface area (Å²) in [4.78, 5) is 0. The number of methoxy groups -OCH3 is 1. The first-order chi connectivity index (χ1) is 12.9. The molecule has 3 aromatic rings. The molecule has 0 aliphatic rings. The Hall–Kier alpha value is -2.05. The van der Waals surface area contributed by atoms with Gasteiger partial charge in [0, 0.05) is 16.1 Å². The van der Waals surface area contributed by atoms with E-state index in [0.29, 0.717) is 12.0 Å². The quantitative estimate of drug-likeness (QED) is 0.482. The van der Waals surface area contributed by atoms with E-state index in [1.807, 2.05) is 12.1 Å². The van der Waals surface area contributed by atoms with Gasteiger partial charge in [-0.3, -0.25) is 0 Å². The lowest BCUT2D eigenvalue weighted by molar-refractivity contribution is -0.137. The molecule has 1 N–H and O–H groups in total. The van der Waals surface area contributed by atoms with E-state index in [1.165, 1.54) is 27.8 Å². The Morgan fingerprint density at radius 2 is 1.96 bits per heavy atom. The molecule has 144 valence electrons. The van der Waals surface area contributed by atoms with Gasteiger partial charge in [0.05, 0.1) is 12.7 Å². The first-order valence-corrected chi connectivity index (χ1v) is 9.71. The molecule has 3 rings (SSSR count). The highest BCUT2D eigenvalue weighted by atomic mass is 32.1. The summed E-state index contributed by atoms with van der Waals surface area (Å²) in [5.74, 6) is 0.832. The monoisotopic (exact) mass is 393 g/mol. The Bertz CT molecular complexity index is 904. The van der Waals surface area contributed by atoms with Crippen molar-refractivity contribution in [1.29, 1.82) is 0 Å². The first kappa shape index (κ1) is 19.7. The third-order valence-electron chi connectivity index (χ3n) is 4.62. The molecule has 0 saturated heterocycles. The Morgan fingerprint density at radius 3 is 2.70 bits per heavy atom. The van der Waals surface area contributed by atoms with Crippen molar-refractivity contribution >= 4 is 21.4 Å². The molecule has 0 spiro atoms. The predicted molar refractivity (Wildman–Crippen MR) is 105 cm³/mol. The maximum absolute atomic E-state index is 12.8. The van der Waals surface area contributed by atoms with Gasteiger partial charge in [0.25, 0.3) is 0 Å². The van der Waals surface area contributed by atoms with Crippen LogP contribution in [0.15, 0.2) is 47.8 Å². The number of ether oxygens (including phenoxy) is 1. The van der Waals surface area contributed by atoms with Gasteiger partial charge in [0.1, 0.15) is 5.75 Å². The van der Waals surface area contributed by atoms with Crippen molar-refractivity contribution in [2.45, 2.75) is 32.0 Å². The summed E-state index contributed by atoms with van der Waals surface area (Å²) in [6.45, 7) is 2.84. The van der Waals surface area contributed by atoms with Crippen molar-refractivity contribution < 1.29 is 17.9 Å². The van der Waals surface area contributed by atoms with Crippen LogP contribution in [0.3, 0.4) is 0 Å².